The lowest BCUT2D eigenvalue weighted by Gasteiger charge is -2.28. The van der Waals surface area contributed by atoms with Gasteiger partial charge in [-0.3, -0.25) is 10.1 Å². The molecular weight excluding hydrogens is 282 g/mol. The van der Waals surface area contributed by atoms with Crippen molar-refractivity contribution in [1.82, 2.24) is 0 Å². The number of hydrogen-bond acceptors (Lipinski definition) is 5. The largest absolute Gasteiger partial charge is 0.378 e. The molecule has 6 heteroatoms. The molecular formula is C16H17N3O3. The second-order valence-electron chi connectivity index (χ2n) is 5.08. The number of benzene rings is 2. The number of nitro groups is 1. The summed E-state index contributed by atoms with van der Waals surface area (Å²) in [7, 11) is 0. The van der Waals surface area contributed by atoms with Crippen LogP contribution in [0.3, 0.4) is 0 Å². The molecule has 1 heterocycles. The number of non-ortho nitro benzene ring substituents is 1. The molecule has 2 aromatic carbocycles. The molecule has 1 saturated heterocycles. The Labute approximate surface area is 128 Å². The van der Waals surface area contributed by atoms with Crippen LogP contribution in [0.4, 0.5) is 22.7 Å². The molecule has 22 heavy (non-hydrogen) atoms. The Morgan fingerprint density at radius 1 is 0.955 bits per heavy atom. The van der Waals surface area contributed by atoms with Crippen LogP contribution in [0.2, 0.25) is 0 Å². The molecule has 6 nitrogen and oxygen atoms in total. The highest BCUT2D eigenvalue weighted by atomic mass is 16.6. The molecule has 1 aliphatic heterocycles. The maximum Gasteiger partial charge on any atom is 0.269 e. The lowest BCUT2D eigenvalue weighted by atomic mass is 10.2. The first-order valence-electron chi connectivity index (χ1n) is 7.16. The van der Waals surface area contributed by atoms with Crippen molar-refractivity contribution in [1.29, 1.82) is 0 Å². The minimum Gasteiger partial charge on any atom is -0.378 e. The van der Waals surface area contributed by atoms with Gasteiger partial charge in [-0.1, -0.05) is 0 Å². The van der Waals surface area contributed by atoms with Crippen LogP contribution in [0.15, 0.2) is 48.5 Å². The van der Waals surface area contributed by atoms with E-state index in [-0.39, 0.29) is 5.69 Å². The number of nitrogens with zero attached hydrogens (tertiary/aromatic N) is 2. The molecule has 0 spiro atoms. The predicted octanol–water partition coefficient (Wildman–Crippen LogP) is 3.18. The number of nitrogens with one attached hydrogen (secondary N) is 1. The lowest BCUT2D eigenvalue weighted by Crippen LogP contribution is -2.36. The highest BCUT2D eigenvalue weighted by Gasteiger charge is 2.10. The van der Waals surface area contributed by atoms with E-state index in [9.17, 15) is 10.1 Å². The molecule has 1 N–H and O–H groups in total. The van der Waals surface area contributed by atoms with Gasteiger partial charge in [0.25, 0.3) is 5.69 Å². The van der Waals surface area contributed by atoms with E-state index >= 15 is 0 Å². The Kier molecular flexibility index (Phi) is 4.20. The third-order valence-corrected chi connectivity index (χ3v) is 3.61. The number of ether oxygens (including phenoxy) is 1. The van der Waals surface area contributed by atoms with Crippen molar-refractivity contribution in [3.05, 3.63) is 58.6 Å². The minimum atomic E-state index is -0.402. The first-order chi connectivity index (χ1) is 10.7. The van der Waals surface area contributed by atoms with Crippen LogP contribution in [0.1, 0.15) is 0 Å². The van der Waals surface area contributed by atoms with Gasteiger partial charge in [0.05, 0.1) is 18.1 Å². The molecule has 1 fully saturated rings. The summed E-state index contributed by atoms with van der Waals surface area (Å²) in [4.78, 5) is 12.5. The van der Waals surface area contributed by atoms with Crippen LogP contribution in [0, 0.1) is 10.1 Å². The maximum atomic E-state index is 10.6. The first-order valence-corrected chi connectivity index (χ1v) is 7.16. The van der Waals surface area contributed by atoms with Gasteiger partial charge in [0.1, 0.15) is 0 Å². The van der Waals surface area contributed by atoms with E-state index in [2.05, 4.69) is 22.3 Å². The molecule has 114 valence electrons. The van der Waals surface area contributed by atoms with Crippen LogP contribution in [-0.2, 0) is 4.74 Å². The zero-order chi connectivity index (χ0) is 15.4. The van der Waals surface area contributed by atoms with Gasteiger partial charge in [0.2, 0.25) is 0 Å². The monoisotopic (exact) mass is 299 g/mol. The van der Waals surface area contributed by atoms with Gasteiger partial charge in [0.15, 0.2) is 0 Å². The van der Waals surface area contributed by atoms with Gasteiger partial charge < -0.3 is 15.0 Å². The third kappa shape index (κ3) is 3.35. The summed E-state index contributed by atoms with van der Waals surface area (Å²) in [6.07, 6.45) is 0. The first kappa shape index (κ1) is 14.3. The minimum absolute atomic E-state index is 0.0909. The van der Waals surface area contributed by atoms with Gasteiger partial charge in [-0.05, 0) is 36.4 Å². The van der Waals surface area contributed by atoms with Crippen molar-refractivity contribution in [2.45, 2.75) is 0 Å². The van der Waals surface area contributed by atoms with Gasteiger partial charge in [-0.25, -0.2) is 0 Å². The molecule has 2 aromatic rings. The van der Waals surface area contributed by atoms with Crippen molar-refractivity contribution in [3.8, 4) is 0 Å². The maximum absolute atomic E-state index is 10.6. The summed E-state index contributed by atoms with van der Waals surface area (Å²) >= 11 is 0. The smallest absolute Gasteiger partial charge is 0.269 e. The van der Waals surface area contributed by atoms with Crippen LogP contribution in [-0.4, -0.2) is 31.2 Å². The molecule has 3 rings (SSSR count). The molecule has 0 aliphatic carbocycles. The fourth-order valence-corrected chi connectivity index (χ4v) is 2.41. The zero-order valence-corrected chi connectivity index (χ0v) is 12.1. The topological polar surface area (TPSA) is 67.6 Å². The van der Waals surface area contributed by atoms with Crippen LogP contribution >= 0.6 is 0 Å². The average molecular weight is 299 g/mol. The summed E-state index contributed by atoms with van der Waals surface area (Å²) in [6.45, 7) is 3.36. The Balaban J connectivity index is 1.66. The second-order valence-corrected chi connectivity index (χ2v) is 5.08. The SMILES string of the molecule is O=[N+]([O-])c1ccc(Nc2ccc(N3CCOCC3)cc2)cc1. The number of rotatable bonds is 4. The van der Waals surface area contributed by atoms with Gasteiger partial charge >= 0.3 is 0 Å². The quantitative estimate of drug-likeness (QED) is 0.693. The fraction of sp³-hybridized carbons (Fsp3) is 0.250. The Hall–Kier alpha value is -2.60. The van der Waals surface area contributed by atoms with Gasteiger partial charge in [-0.15, -0.1) is 0 Å². The molecule has 0 atom stereocenters. The molecule has 0 radical (unpaired) electrons. The molecule has 0 saturated carbocycles. The van der Waals surface area contributed by atoms with E-state index in [1.807, 2.05) is 12.1 Å². The second kappa shape index (κ2) is 6.44. The van der Waals surface area contributed by atoms with E-state index in [0.29, 0.717) is 0 Å². The summed E-state index contributed by atoms with van der Waals surface area (Å²) in [5.74, 6) is 0. The summed E-state index contributed by atoms with van der Waals surface area (Å²) in [5, 5.41) is 13.9. The van der Waals surface area contributed by atoms with Crippen molar-refractivity contribution in [3.63, 3.8) is 0 Å². The standard InChI is InChI=1S/C16H17N3O3/c20-19(21)16-7-3-14(4-8-16)17-13-1-5-15(6-2-13)18-9-11-22-12-10-18/h1-8,17H,9-12H2. The summed E-state index contributed by atoms with van der Waals surface area (Å²) in [5.41, 5.74) is 3.04. The number of morpholine rings is 1. The predicted molar refractivity (Wildman–Crippen MR) is 85.9 cm³/mol. The Morgan fingerprint density at radius 3 is 2.05 bits per heavy atom. The molecule has 0 bridgehead atoms. The normalized spacial score (nSPS) is 14.6. The lowest BCUT2D eigenvalue weighted by molar-refractivity contribution is -0.384. The van der Waals surface area contributed by atoms with Crippen molar-refractivity contribution >= 4 is 22.7 Å². The highest BCUT2D eigenvalue weighted by Crippen LogP contribution is 2.23. The highest BCUT2D eigenvalue weighted by molar-refractivity contribution is 5.63. The van der Waals surface area contributed by atoms with Crippen LogP contribution < -0.4 is 10.2 Å². The van der Waals surface area contributed by atoms with E-state index in [1.165, 1.54) is 17.8 Å². The van der Waals surface area contributed by atoms with E-state index in [0.717, 1.165) is 37.7 Å². The van der Waals surface area contributed by atoms with Crippen molar-refractivity contribution in [2.75, 3.05) is 36.5 Å². The number of anilines is 3. The number of hydrogen-bond donors (Lipinski definition) is 1. The van der Waals surface area contributed by atoms with Gasteiger partial charge in [0, 0.05) is 42.3 Å². The molecule has 1 aliphatic rings. The Bertz CT molecular complexity index is 635. The van der Waals surface area contributed by atoms with Crippen LogP contribution in [0.5, 0.6) is 0 Å². The fourth-order valence-electron chi connectivity index (χ4n) is 2.41. The zero-order valence-electron chi connectivity index (χ0n) is 12.1. The van der Waals surface area contributed by atoms with E-state index in [1.54, 1.807) is 12.1 Å². The molecule has 0 amide bonds. The molecule has 0 unspecified atom stereocenters. The van der Waals surface area contributed by atoms with E-state index in [4.69, 9.17) is 4.74 Å². The van der Waals surface area contributed by atoms with Crippen molar-refractivity contribution < 1.29 is 9.66 Å². The Morgan fingerprint density at radius 2 is 1.50 bits per heavy atom. The summed E-state index contributed by atoms with van der Waals surface area (Å²) < 4.78 is 5.35. The van der Waals surface area contributed by atoms with E-state index < -0.39 is 4.92 Å². The van der Waals surface area contributed by atoms with Crippen molar-refractivity contribution in [2.24, 2.45) is 0 Å². The third-order valence-electron chi connectivity index (χ3n) is 3.61. The number of nitro benzene ring substituents is 1. The summed E-state index contributed by atoms with van der Waals surface area (Å²) in [6, 6.07) is 14.5. The molecule has 0 aromatic heterocycles. The van der Waals surface area contributed by atoms with Crippen LogP contribution in [0.25, 0.3) is 0 Å². The average Bonchev–Trinajstić information content (AvgIpc) is 2.57. The van der Waals surface area contributed by atoms with Gasteiger partial charge in [-0.2, -0.15) is 0 Å².